The summed E-state index contributed by atoms with van der Waals surface area (Å²) in [6, 6.07) is 0. The molecule has 0 aliphatic heterocycles. The average Bonchev–Trinajstić information content (AvgIpc) is 1.23. The van der Waals surface area contributed by atoms with Gasteiger partial charge in [0.1, 0.15) is 0 Å². The molecule has 1 rings (SSSR count). The zero-order valence-electron chi connectivity index (χ0n) is 4.15. The van der Waals surface area contributed by atoms with Crippen LogP contribution >= 0.6 is 0 Å². The Balaban J connectivity index is 2.52. The highest BCUT2D eigenvalue weighted by molar-refractivity contribution is 5.11. The summed E-state index contributed by atoms with van der Waals surface area (Å²) >= 11 is 0. The van der Waals surface area contributed by atoms with E-state index < -0.39 is 0 Å². The van der Waals surface area contributed by atoms with E-state index in [-0.39, 0.29) is 5.88 Å². The molecule has 0 bridgehead atoms. The third-order valence-corrected chi connectivity index (χ3v) is 1.32. The topological polar surface area (TPSA) is 46.2 Å². The van der Waals surface area contributed by atoms with Crippen molar-refractivity contribution in [2.75, 3.05) is 0 Å². The predicted molar refractivity (Wildman–Crippen MR) is 27.7 cm³/mol. The Morgan fingerprint density at radius 3 is 2.14 bits per heavy atom. The highest BCUT2D eigenvalue weighted by Crippen LogP contribution is 2.25. The first-order valence-corrected chi connectivity index (χ1v) is 2.47. The van der Waals surface area contributed by atoms with E-state index in [1.54, 1.807) is 0 Å². The second-order valence-corrected chi connectivity index (χ2v) is 1.84. The lowest BCUT2D eigenvalue weighted by Gasteiger charge is -2.15. The number of aliphatic hydroxyl groups excluding tert-OH is 1. The summed E-state index contributed by atoms with van der Waals surface area (Å²) in [7, 11) is 0. The Bertz CT molecular complexity index is 96.6. The molecule has 1 saturated carbocycles. The Morgan fingerprint density at radius 2 is 2.14 bits per heavy atom. The van der Waals surface area contributed by atoms with Crippen molar-refractivity contribution in [2.24, 2.45) is 5.73 Å². The van der Waals surface area contributed by atoms with Gasteiger partial charge in [0.05, 0.1) is 0 Å². The van der Waals surface area contributed by atoms with Crippen LogP contribution in [0.4, 0.5) is 0 Å². The zero-order chi connectivity index (χ0) is 5.28. The summed E-state index contributed by atoms with van der Waals surface area (Å²) in [4.78, 5) is 0. The number of aliphatic hydroxyl groups is 1. The van der Waals surface area contributed by atoms with Gasteiger partial charge >= 0.3 is 0 Å². The SMILES string of the molecule is NC(O)=C1CCC1. The van der Waals surface area contributed by atoms with E-state index in [4.69, 9.17) is 10.8 Å². The fourth-order valence-corrected chi connectivity index (χ4v) is 0.610. The molecule has 2 heteroatoms. The van der Waals surface area contributed by atoms with E-state index in [0.29, 0.717) is 0 Å². The maximum absolute atomic E-state index is 8.53. The van der Waals surface area contributed by atoms with Crippen LogP contribution < -0.4 is 5.73 Å². The standard InChI is InChI=1S/C5H9NO/c6-5(7)4-2-1-3-4/h7H,1-3,6H2. The monoisotopic (exact) mass is 99.1 g/mol. The van der Waals surface area contributed by atoms with E-state index in [1.165, 1.54) is 6.42 Å². The number of hydrogen-bond acceptors (Lipinski definition) is 2. The molecule has 0 heterocycles. The van der Waals surface area contributed by atoms with Crippen molar-refractivity contribution in [3.8, 4) is 0 Å². The highest BCUT2D eigenvalue weighted by Gasteiger charge is 2.10. The molecule has 1 aliphatic carbocycles. The third-order valence-electron chi connectivity index (χ3n) is 1.32. The number of allylic oxidation sites excluding steroid dienone is 1. The molecular weight excluding hydrogens is 90.1 g/mol. The molecule has 0 unspecified atom stereocenters. The number of hydrogen-bond donors (Lipinski definition) is 2. The quantitative estimate of drug-likeness (QED) is 0.443. The molecule has 0 aromatic heterocycles. The average molecular weight is 99.1 g/mol. The zero-order valence-corrected chi connectivity index (χ0v) is 4.15. The minimum atomic E-state index is 0.0475. The van der Waals surface area contributed by atoms with Crippen LogP contribution in [0.25, 0.3) is 0 Å². The summed E-state index contributed by atoms with van der Waals surface area (Å²) in [5.74, 6) is 0.0475. The Labute approximate surface area is 42.6 Å². The second kappa shape index (κ2) is 1.45. The van der Waals surface area contributed by atoms with E-state index >= 15 is 0 Å². The van der Waals surface area contributed by atoms with Crippen molar-refractivity contribution >= 4 is 0 Å². The molecule has 0 saturated heterocycles. The van der Waals surface area contributed by atoms with Crippen LogP contribution in [0.1, 0.15) is 19.3 Å². The molecule has 1 fully saturated rings. The first-order valence-electron chi connectivity index (χ1n) is 2.47. The molecule has 0 aromatic carbocycles. The van der Waals surface area contributed by atoms with Crippen molar-refractivity contribution < 1.29 is 5.11 Å². The van der Waals surface area contributed by atoms with Gasteiger partial charge in [0.25, 0.3) is 0 Å². The van der Waals surface area contributed by atoms with Gasteiger partial charge in [0.2, 0.25) is 0 Å². The Kier molecular flexibility index (Phi) is 0.929. The molecule has 0 amide bonds. The van der Waals surface area contributed by atoms with Crippen molar-refractivity contribution in [2.45, 2.75) is 19.3 Å². The van der Waals surface area contributed by atoms with Crippen LogP contribution in [0.2, 0.25) is 0 Å². The van der Waals surface area contributed by atoms with Gasteiger partial charge in [0, 0.05) is 0 Å². The van der Waals surface area contributed by atoms with Crippen molar-refractivity contribution in [1.29, 1.82) is 0 Å². The fraction of sp³-hybridized carbons (Fsp3) is 0.600. The minimum absolute atomic E-state index is 0.0475. The Morgan fingerprint density at radius 1 is 1.57 bits per heavy atom. The first-order chi connectivity index (χ1) is 3.30. The molecule has 1 aliphatic rings. The summed E-state index contributed by atoms with van der Waals surface area (Å²) < 4.78 is 0. The molecule has 2 nitrogen and oxygen atoms in total. The Hall–Kier alpha value is -0.660. The molecule has 0 spiro atoms. The number of rotatable bonds is 0. The van der Waals surface area contributed by atoms with Gasteiger partial charge < -0.3 is 10.8 Å². The predicted octanol–water partition coefficient (Wildman–Crippen LogP) is 0.899. The van der Waals surface area contributed by atoms with Crippen LogP contribution in [0.15, 0.2) is 11.5 Å². The largest absolute Gasteiger partial charge is 0.495 e. The normalized spacial score (nSPS) is 18.6. The second-order valence-electron chi connectivity index (χ2n) is 1.84. The summed E-state index contributed by atoms with van der Waals surface area (Å²) in [6.45, 7) is 0. The third kappa shape index (κ3) is 0.683. The van der Waals surface area contributed by atoms with Crippen LogP contribution in [0.5, 0.6) is 0 Å². The van der Waals surface area contributed by atoms with Crippen molar-refractivity contribution in [3.05, 3.63) is 11.5 Å². The van der Waals surface area contributed by atoms with E-state index in [0.717, 1.165) is 18.4 Å². The molecule has 0 aromatic rings. The molecular formula is C5H9NO. The van der Waals surface area contributed by atoms with Crippen LogP contribution in [-0.4, -0.2) is 5.11 Å². The lowest BCUT2D eigenvalue weighted by atomic mass is 9.93. The first kappa shape index (κ1) is 4.50. The van der Waals surface area contributed by atoms with Crippen LogP contribution in [0, 0.1) is 0 Å². The number of nitrogens with two attached hydrogens (primary N) is 1. The van der Waals surface area contributed by atoms with Gasteiger partial charge in [0.15, 0.2) is 5.88 Å². The van der Waals surface area contributed by atoms with Crippen LogP contribution in [0.3, 0.4) is 0 Å². The van der Waals surface area contributed by atoms with Gasteiger partial charge in [-0.05, 0) is 24.8 Å². The van der Waals surface area contributed by atoms with Crippen LogP contribution in [-0.2, 0) is 0 Å². The van der Waals surface area contributed by atoms with E-state index in [2.05, 4.69) is 0 Å². The van der Waals surface area contributed by atoms with Gasteiger partial charge in [-0.2, -0.15) is 0 Å². The molecule has 3 N–H and O–H groups in total. The van der Waals surface area contributed by atoms with Gasteiger partial charge in [-0.15, -0.1) is 0 Å². The molecule has 40 valence electrons. The molecule has 0 atom stereocenters. The summed E-state index contributed by atoms with van der Waals surface area (Å²) in [6.07, 6.45) is 3.20. The van der Waals surface area contributed by atoms with Crippen molar-refractivity contribution in [3.63, 3.8) is 0 Å². The molecule has 7 heavy (non-hydrogen) atoms. The molecule has 0 radical (unpaired) electrons. The van der Waals surface area contributed by atoms with Crippen molar-refractivity contribution in [1.82, 2.24) is 0 Å². The smallest absolute Gasteiger partial charge is 0.180 e. The van der Waals surface area contributed by atoms with Gasteiger partial charge in [-0.1, -0.05) is 0 Å². The van der Waals surface area contributed by atoms with Gasteiger partial charge in [-0.3, -0.25) is 0 Å². The highest BCUT2D eigenvalue weighted by atomic mass is 16.3. The van der Waals surface area contributed by atoms with E-state index in [1.807, 2.05) is 0 Å². The fourth-order valence-electron chi connectivity index (χ4n) is 0.610. The maximum Gasteiger partial charge on any atom is 0.180 e. The lowest BCUT2D eigenvalue weighted by molar-refractivity contribution is 0.381. The summed E-state index contributed by atoms with van der Waals surface area (Å²) in [5, 5.41) is 8.53. The summed E-state index contributed by atoms with van der Waals surface area (Å²) in [5.41, 5.74) is 6.06. The maximum atomic E-state index is 8.53. The van der Waals surface area contributed by atoms with E-state index in [9.17, 15) is 0 Å². The lowest BCUT2D eigenvalue weighted by Crippen LogP contribution is -2.07. The van der Waals surface area contributed by atoms with Gasteiger partial charge in [-0.25, -0.2) is 0 Å². The minimum Gasteiger partial charge on any atom is -0.495 e.